The van der Waals surface area contributed by atoms with E-state index >= 15 is 0 Å². The van der Waals surface area contributed by atoms with Crippen molar-refractivity contribution in [1.82, 2.24) is 5.32 Å². The highest BCUT2D eigenvalue weighted by atomic mass is 32.2. The van der Waals surface area contributed by atoms with Gasteiger partial charge < -0.3 is 10.6 Å². The first kappa shape index (κ1) is 24.0. The highest BCUT2D eigenvalue weighted by Gasteiger charge is 2.26. The molecule has 0 heterocycles. The fourth-order valence-corrected chi connectivity index (χ4v) is 4.70. The largest absolute Gasteiger partial charge is 0.350 e. The maximum absolute atomic E-state index is 13.7. The molecule has 2 amide bonds. The third-order valence-corrected chi connectivity index (χ3v) is 6.54. The summed E-state index contributed by atoms with van der Waals surface area (Å²) in [4.78, 5) is 23.9. The summed E-state index contributed by atoms with van der Waals surface area (Å²) >= 11 is 0. The van der Waals surface area contributed by atoms with Crippen LogP contribution >= 0.6 is 0 Å². The number of nitrogens with one attached hydrogen (secondary N) is 2. The Hall–Kier alpha value is -3.65. The molecule has 0 spiro atoms. The Morgan fingerprint density at radius 3 is 2.18 bits per heavy atom. The van der Waals surface area contributed by atoms with Crippen LogP contribution in [0.1, 0.15) is 36.7 Å². The van der Waals surface area contributed by atoms with Crippen molar-refractivity contribution in [3.63, 3.8) is 0 Å². The first-order valence-electron chi connectivity index (χ1n) is 10.5. The van der Waals surface area contributed by atoms with Crippen LogP contribution in [0.5, 0.6) is 0 Å². The van der Waals surface area contributed by atoms with E-state index in [1.165, 1.54) is 23.4 Å². The third-order valence-electron chi connectivity index (χ3n) is 4.75. The van der Waals surface area contributed by atoms with Gasteiger partial charge in [-0.05, 0) is 61.9 Å². The summed E-state index contributed by atoms with van der Waals surface area (Å²) in [6.45, 7) is 5.19. The molecule has 0 aliphatic rings. The van der Waals surface area contributed by atoms with Crippen LogP contribution in [0.4, 0.5) is 11.4 Å². The topological polar surface area (TPSA) is 95.6 Å². The Morgan fingerprint density at radius 2 is 1.58 bits per heavy atom. The van der Waals surface area contributed by atoms with Gasteiger partial charge in [-0.1, -0.05) is 36.4 Å². The number of anilines is 2. The Labute approximate surface area is 194 Å². The van der Waals surface area contributed by atoms with Crippen LogP contribution in [0.25, 0.3) is 0 Å². The molecule has 3 aromatic rings. The van der Waals surface area contributed by atoms with Crippen molar-refractivity contribution in [3.05, 3.63) is 90.0 Å². The molecule has 0 unspecified atom stereocenters. The number of hydrogen-bond acceptors (Lipinski definition) is 4. The minimum atomic E-state index is -3.97. The smallest absolute Gasteiger partial charge is 0.264 e. The van der Waals surface area contributed by atoms with E-state index in [0.717, 1.165) is 5.56 Å². The quantitative estimate of drug-likeness (QED) is 0.522. The Kier molecular flexibility index (Phi) is 7.50. The molecule has 0 bridgehead atoms. The molecule has 0 aliphatic heterocycles. The van der Waals surface area contributed by atoms with Crippen LogP contribution in [0.15, 0.2) is 83.8 Å². The lowest BCUT2D eigenvalue weighted by atomic mass is 10.1. The van der Waals surface area contributed by atoms with Crippen LogP contribution in [-0.4, -0.2) is 26.3 Å². The summed E-state index contributed by atoms with van der Waals surface area (Å²) in [5.41, 5.74) is 2.05. The summed E-state index contributed by atoms with van der Waals surface area (Å²) in [6.07, 6.45) is 0. The number of hydrogen-bond donors (Lipinski definition) is 2. The zero-order chi connectivity index (χ0) is 24.0. The van der Waals surface area contributed by atoms with Crippen LogP contribution in [0.3, 0.4) is 0 Å². The zero-order valence-corrected chi connectivity index (χ0v) is 19.6. The van der Waals surface area contributed by atoms with Gasteiger partial charge in [0, 0.05) is 24.2 Å². The van der Waals surface area contributed by atoms with Crippen LogP contribution in [0, 0.1) is 0 Å². The van der Waals surface area contributed by atoms with E-state index in [1.54, 1.807) is 36.4 Å². The number of benzene rings is 3. The Bertz CT molecular complexity index is 1220. The zero-order valence-electron chi connectivity index (χ0n) is 18.8. The predicted molar refractivity (Wildman–Crippen MR) is 130 cm³/mol. The van der Waals surface area contributed by atoms with E-state index in [4.69, 9.17) is 0 Å². The molecular formula is C25H27N3O4S. The first-order chi connectivity index (χ1) is 15.7. The van der Waals surface area contributed by atoms with E-state index < -0.39 is 10.0 Å². The highest BCUT2D eigenvalue weighted by molar-refractivity contribution is 7.92. The molecule has 0 radical (unpaired) electrons. The van der Waals surface area contributed by atoms with Crippen molar-refractivity contribution in [1.29, 1.82) is 0 Å². The minimum absolute atomic E-state index is 0.0487. The van der Waals surface area contributed by atoms with Crippen molar-refractivity contribution < 1.29 is 18.0 Å². The molecule has 0 atom stereocenters. The summed E-state index contributed by atoms with van der Waals surface area (Å²) in [6, 6.07) is 21.7. The van der Waals surface area contributed by atoms with Gasteiger partial charge in [-0.3, -0.25) is 13.9 Å². The number of rotatable bonds is 8. The number of carbonyl (C=O) groups excluding carboxylic acids is 2. The van der Waals surface area contributed by atoms with E-state index in [1.807, 2.05) is 44.2 Å². The maximum Gasteiger partial charge on any atom is 0.264 e. The van der Waals surface area contributed by atoms with Gasteiger partial charge in [0.25, 0.3) is 15.9 Å². The van der Waals surface area contributed by atoms with Crippen molar-refractivity contribution in [2.24, 2.45) is 0 Å². The summed E-state index contributed by atoms with van der Waals surface area (Å²) in [7, 11) is -3.97. The molecule has 0 saturated heterocycles. The second kappa shape index (κ2) is 10.3. The molecule has 3 aromatic carbocycles. The van der Waals surface area contributed by atoms with Gasteiger partial charge in [0.2, 0.25) is 5.91 Å². The molecule has 2 N–H and O–H groups in total. The normalized spacial score (nSPS) is 11.2. The number of sulfonamides is 1. The molecule has 8 heteroatoms. The van der Waals surface area contributed by atoms with Gasteiger partial charge in [-0.25, -0.2) is 8.42 Å². The van der Waals surface area contributed by atoms with Crippen molar-refractivity contribution in [3.8, 4) is 0 Å². The van der Waals surface area contributed by atoms with Crippen LogP contribution in [-0.2, 0) is 21.4 Å². The second-order valence-electron chi connectivity index (χ2n) is 7.88. The monoisotopic (exact) mass is 465 g/mol. The molecule has 172 valence electrons. The fraction of sp³-hybridized carbons (Fsp3) is 0.200. The summed E-state index contributed by atoms with van der Waals surface area (Å²) < 4.78 is 28.6. The summed E-state index contributed by atoms with van der Waals surface area (Å²) in [5.74, 6) is -0.517. The lowest BCUT2D eigenvalue weighted by Gasteiger charge is -2.25. The lowest BCUT2D eigenvalue weighted by molar-refractivity contribution is -0.114. The number of nitrogens with zero attached hydrogens (tertiary/aromatic N) is 1. The average molecular weight is 466 g/mol. The molecule has 0 fully saturated rings. The standard InChI is InChI=1S/C25H27N3O4S/c1-18(2)26-25(30)21-10-7-11-23(16-21)28(17-20-8-5-4-6-9-20)33(31,32)24-14-12-22(13-15-24)27-19(3)29/h4-16,18H,17H2,1-3H3,(H,26,30)(H,27,29). The van der Waals surface area contributed by atoms with Gasteiger partial charge in [0.05, 0.1) is 17.1 Å². The second-order valence-corrected chi connectivity index (χ2v) is 9.74. The Balaban J connectivity index is 2.03. The SMILES string of the molecule is CC(=O)Nc1ccc(S(=O)(=O)N(Cc2ccccc2)c2cccc(C(=O)NC(C)C)c2)cc1. The molecule has 0 aliphatic carbocycles. The Morgan fingerprint density at radius 1 is 0.909 bits per heavy atom. The van der Waals surface area contributed by atoms with E-state index in [9.17, 15) is 18.0 Å². The minimum Gasteiger partial charge on any atom is -0.350 e. The highest BCUT2D eigenvalue weighted by Crippen LogP contribution is 2.27. The molecule has 7 nitrogen and oxygen atoms in total. The fourth-order valence-electron chi connectivity index (χ4n) is 3.25. The van der Waals surface area contributed by atoms with Gasteiger partial charge in [0.1, 0.15) is 0 Å². The lowest BCUT2D eigenvalue weighted by Crippen LogP contribution is -2.32. The molecule has 0 aromatic heterocycles. The van der Waals surface area contributed by atoms with E-state index in [2.05, 4.69) is 10.6 Å². The van der Waals surface area contributed by atoms with Crippen LogP contribution < -0.4 is 14.9 Å². The molecule has 0 saturated carbocycles. The van der Waals surface area contributed by atoms with Gasteiger partial charge in [-0.2, -0.15) is 0 Å². The van der Waals surface area contributed by atoms with Crippen molar-refractivity contribution >= 4 is 33.2 Å². The maximum atomic E-state index is 13.7. The molecular weight excluding hydrogens is 438 g/mol. The van der Waals surface area contributed by atoms with Gasteiger partial charge in [0.15, 0.2) is 0 Å². The number of amides is 2. The first-order valence-corrected chi connectivity index (χ1v) is 12.0. The average Bonchev–Trinajstić information content (AvgIpc) is 2.77. The molecule has 33 heavy (non-hydrogen) atoms. The molecule has 3 rings (SSSR count). The van der Waals surface area contributed by atoms with Crippen molar-refractivity contribution in [2.75, 3.05) is 9.62 Å². The summed E-state index contributed by atoms with van der Waals surface area (Å²) in [5, 5.41) is 5.45. The van der Waals surface area contributed by atoms with Gasteiger partial charge in [-0.15, -0.1) is 0 Å². The van der Waals surface area contributed by atoms with Crippen molar-refractivity contribution in [2.45, 2.75) is 38.3 Å². The van der Waals surface area contributed by atoms with Gasteiger partial charge >= 0.3 is 0 Å². The predicted octanol–water partition coefficient (Wildman–Crippen LogP) is 4.18. The van der Waals surface area contributed by atoms with E-state index in [-0.39, 0.29) is 29.3 Å². The number of carbonyl (C=O) groups is 2. The third kappa shape index (κ3) is 6.20. The van der Waals surface area contributed by atoms with E-state index in [0.29, 0.717) is 16.9 Å². The van der Waals surface area contributed by atoms with Crippen LogP contribution in [0.2, 0.25) is 0 Å².